The second-order valence-corrected chi connectivity index (χ2v) is 20.1. The zero-order valence-electron chi connectivity index (χ0n) is 56.2. The number of aldehydes is 2. The van der Waals surface area contributed by atoms with Crippen LogP contribution in [0.25, 0.3) is 20.9 Å². The summed E-state index contributed by atoms with van der Waals surface area (Å²) in [6, 6.07) is -0.816. The highest BCUT2D eigenvalue weighted by atomic mass is 79.9. The first-order valence-corrected chi connectivity index (χ1v) is 33.5. The fraction of sp³-hybridized carbons (Fsp3) is 0.661. The van der Waals surface area contributed by atoms with Crippen molar-refractivity contribution in [1.82, 2.24) is 10.2 Å². The van der Waals surface area contributed by atoms with Crippen LogP contribution in [0.5, 0.6) is 0 Å². The van der Waals surface area contributed by atoms with Crippen molar-refractivity contribution >= 4 is 160 Å². The average Bonchev–Trinajstić information content (AvgIpc) is 1.69. The molecule has 46 heteroatoms. The summed E-state index contributed by atoms with van der Waals surface area (Å²) in [7, 11) is 0. The number of nitrogens with zero attached hydrogens (tertiary/aromatic N) is 7. The predicted octanol–water partition coefficient (Wildman–Crippen LogP) is 1.45. The molecule has 2 aliphatic rings. The third-order valence-electron chi connectivity index (χ3n) is 9.08. The first-order valence-electron chi connectivity index (χ1n) is 29.3. The topological polar surface area (TPSA) is 739 Å². The van der Waals surface area contributed by atoms with E-state index in [1.807, 2.05) is 0 Å². The molecule has 0 spiro atoms. The Kier molecular flexibility index (Phi) is 124. The van der Waals surface area contributed by atoms with E-state index in [0.29, 0.717) is 76.6 Å². The third kappa shape index (κ3) is 147. The van der Waals surface area contributed by atoms with Crippen molar-refractivity contribution in [3.05, 3.63) is 33.0 Å². The number of halogens is 2. The lowest BCUT2D eigenvalue weighted by molar-refractivity contribution is -0.144. The van der Waals surface area contributed by atoms with Crippen molar-refractivity contribution in [2.75, 3.05) is 100 Å². The number of carboxylic acid groups (broad SMARTS) is 9. The van der Waals surface area contributed by atoms with E-state index in [1.165, 1.54) is 24.0 Å². The number of thiol groups is 3. The monoisotopic (exact) mass is 1660 g/mol. The summed E-state index contributed by atoms with van der Waals surface area (Å²) in [5.41, 5.74) is 25.3. The number of ketones is 1. The number of Topliss-reactive ketones (excluding diaryl/α,β-unsaturated/α-hetero) is 1. The maximum Gasteiger partial charge on any atom is 0.331 e. The SMILES string of the molecule is C#CCCC(=O)O.CC(=O)CCC(=O)O.NC(CS)C(=O)O.NCCCO.NOCC(=O)O.O=C(O)C1CCC(CN2C(=O)C=CC2=O)CC1.O=C(O)CBr.O=C(O)CCNC(=O)CBr.O=C(O)CCS.O=CCCCO.O=CCO.OCCCS.[N-]=[N+]=NCCCC(=O)O.[N-]=[N+]=NCCCO. The molecule has 0 radical (unpaired) electrons. The summed E-state index contributed by atoms with van der Waals surface area (Å²) in [5, 5.41) is 121. The molecule has 592 valence electrons. The lowest BCUT2D eigenvalue weighted by atomic mass is 9.82. The Balaban J connectivity index is -0.0000000873. The summed E-state index contributed by atoms with van der Waals surface area (Å²) in [4.78, 5) is 159. The zero-order valence-corrected chi connectivity index (χ0v) is 62.1. The molecule has 21 N–H and O–H groups in total. The van der Waals surface area contributed by atoms with Gasteiger partial charge in [-0.1, -0.05) is 42.1 Å². The van der Waals surface area contributed by atoms with Crippen LogP contribution in [0.2, 0.25) is 0 Å². The van der Waals surface area contributed by atoms with Crippen molar-refractivity contribution in [2.24, 2.45) is 39.4 Å². The highest BCUT2D eigenvalue weighted by Gasteiger charge is 2.31. The van der Waals surface area contributed by atoms with Gasteiger partial charge >= 0.3 is 53.7 Å². The molecular weight excluding hydrogens is 1560 g/mol. The molecular formula is C56H101Br2N11O30S3. The van der Waals surface area contributed by atoms with Crippen LogP contribution in [-0.4, -0.2) is 273 Å². The standard InChI is InChI=1S/C12H15NO4.C5H8BrNO3.C5H8O3.C5H6O2.C4H7N3O2.C4H8O2.C3H7N3O.C3H7NO2S.C3H9NO.C3H6O2S.C3H8OS.C2H3BrO2.C2H5NO3.C2H4O2/c14-10-5-6-11(15)13(10)7-8-1-3-9(4-2-8)12(16)17;6-3-4(8)7-2-1-5(9)10;1-4(6)2-3-5(7)8;1-2-3-4-5(6)7;5-7-6-3-1-2-4(8)9;5-3-1-2-4-6;4-6-5-2-1-3-7;4-2(1-7)3(5)6;4-2-1-3-5;4-3(5)1-2-6;4-2-1-3-5;3-1-2(4)5;3-6-1-2(4)5;3-1-2-4/h5-6,8-9H,1-4,7H2,(H,16,17);1-3H2,(H,7,8)(H,9,10);2-3H2,1H3,(H,7,8);1H,3-4H2,(H,6,7);1-3H2,(H,8,9);3,6H,1-2,4H2;7H,1-3H2;2,7H,1,4H2,(H,5,6);5H,1-4H2;6H,1-2H2,(H,4,5);4-5H,1-3H2;1H2,(H,4,5);1,3H2,(H,4,5);1,4H,2H2. The lowest BCUT2D eigenvalue weighted by Gasteiger charge is -2.28. The number of azide groups is 2. The van der Waals surface area contributed by atoms with Gasteiger partial charge in [0.25, 0.3) is 11.8 Å². The Morgan fingerprint density at radius 1 is 0.657 bits per heavy atom. The van der Waals surface area contributed by atoms with Crippen molar-refractivity contribution in [1.29, 1.82) is 0 Å². The average molecular weight is 1660 g/mol. The number of terminal acetylenes is 1. The number of carboxylic acids is 9. The van der Waals surface area contributed by atoms with Gasteiger partial charge < -0.3 is 103 Å². The molecule has 1 unspecified atom stereocenters. The van der Waals surface area contributed by atoms with Gasteiger partial charge in [0.05, 0.1) is 43.5 Å². The van der Waals surface area contributed by atoms with E-state index < -0.39 is 66.4 Å². The Bertz CT molecular complexity index is 2310. The molecule has 0 aromatic rings. The van der Waals surface area contributed by atoms with E-state index in [2.05, 4.69) is 112 Å². The third-order valence-corrected chi connectivity index (χ3v) is 11.0. The lowest BCUT2D eigenvalue weighted by Crippen LogP contribution is -2.36. The molecule has 3 amide bonds. The zero-order chi connectivity index (χ0) is 81.9. The Morgan fingerprint density at radius 3 is 1.30 bits per heavy atom. The van der Waals surface area contributed by atoms with Crippen molar-refractivity contribution in [3.8, 4) is 12.3 Å². The fourth-order valence-electron chi connectivity index (χ4n) is 4.39. The maximum atomic E-state index is 11.4. The quantitative estimate of drug-likeness (QED) is 0.00414. The fourth-order valence-corrected chi connectivity index (χ4v) is 5.08. The maximum absolute atomic E-state index is 11.4. The largest absolute Gasteiger partial charge is 0.481 e. The minimum Gasteiger partial charge on any atom is -0.481 e. The van der Waals surface area contributed by atoms with Crippen molar-refractivity contribution < 1.29 is 148 Å². The second kappa shape index (κ2) is 104. The Hall–Kier alpha value is -7.58. The number of carbonyl (C=O) groups is 15. The van der Waals surface area contributed by atoms with Crippen molar-refractivity contribution in [2.45, 2.75) is 122 Å². The first kappa shape index (κ1) is 121. The number of amides is 3. The van der Waals surface area contributed by atoms with Gasteiger partial charge in [-0.25, -0.2) is 10.7 Å². The molecule has 0 aromatic carbocycles. The smallest absolute Gasteiger partial charge is 0.331 e. The number of nitrogens with two attached hydrogens (primary N) is 3. The number of imide groups is 1. The summed E-state index contributed by atoms with van der Waals surface area (Å²) in [6.07, 6.45) is 15.7. The number of rotatable bonds is 34. The van der Waals surface area contributed by atoms with E-state index in [1.54, 1.807) is 0 Å². The number of alkyl halides is 2. The highest BCUT2D eigenvalue weighted by Crippen LogP contribution is 2.30. The first-order chi connectivity index (χ1) is 48.0. The van der Waals surface area contributed by atoms with E-state index in [4.69, 9.17) is 105 Å². The molecule has 2 rings (SSSR count). The van der Waals surface area contributed by atoms with Crippen LogP contribution in [0, 0.1) is 24.2 Å². The molecule has 1 fully saturated rings. The minimum atomic E-state index is -1.06. The van der Waals surface area contributed by atoms with Gasteiger partial charge in [-0.05, 0) is 94.0 Å². The normalized spacial score (nSPS) is 11.9. The molecule has 1 aliphatic heterocycles. The van der Waals surface area contributed by atoms with Crippen LogP contribution < -0.4 is 22.7 Å². The molecule has 0 saturated heterocycles. The number of unbranched alkanes of at least 4 members (excludes halogenated alkanes) is 1. The summed E-state index contributed by atoms with van der Waals surface area (Å²) in [6.45, 7) is 3.17. The second-order valence-electron chi connectivity index (χ2n) is 17.8. The van der Waals surface area contributed by atoms with E-state index in [-0.39, 0.29) is 136 Å². The van der Waals surface area contributed by atoms with E-state index >= 15 is 0 Å². The molecule has 0 aromatic heterocycles. The number of carbonyl (C=O) groups excluding carboxylic acids is 6. The number of hydrogen-bond donors (Lipinski definition) is 21. The molecule has 1 saturated carbocycles. The van der Waals surface area contributed by atoms with Crippen LogP contribution in [-0.2, 0) is 76.8 Å². The van der Waals surface area contributed by atoms with E-state index in [9.17, 15) is 67.1 Å². The Labute approximate surface area is 622 Å². The van der Waals surface area contributed by atoms with Crippen LogP contribution >= 0.6 is 69.7 Å². The minimum absolute atomic E-state index is 0.0290. The number of hydrogen-bond acceptors (Lipinski definition) is 29. The van der Waals surface area contributed by atoms with E-state index in [0.717, 1.165) is 37.7 Å². The number of aliphatic hydroxyl groups excluding tert-OH is 5. The van der Waals surface area contributed by atoms with Crippen LogP contribution in [0.1, 0.15) is 116 Å². The molecule has 1 heterocycles. The number of aliphatic hydroxyl groups is 5. The molecule has 102 heavy (non-hydrogen) atoms. The van der Waals surface area contributed by atoms with Crippen LogP contribution in [0.15, 0.2) is 22.4 Å². The molecule has 41 nitrogen and oxygen atoms in total. The highest BCUT2D eigenvalue weighted by molar-refractivity contribution is 9.09. The predicted molar refractivity (Wildman–Crippen MR) is 384 cm³/mol. The number of nitrogens with one attached hydrogen (secondary N) is 1. The number of aliphatic carboxylic acids is 9. The molecule has 1 aliphatic carbocycles. The van der Waals surface area contributed by atoms with Crippen molar-refractivity contribution in [3.63, 3.8) is 0 Å². The van der Waals surface area contributed by atoms with Gasteiger partial charge in [-0.3, -0.25) is 62.5 Å². The van der Waals surface area contributed by atoms with Gasteiger partial charge in [-0.15, -0.1) is 12.3 Å². The summed E-state index contributed by atoms with van der Waals surface area (Å²) >= 11 is 16.8. The van der Waals surface area contributed by atoms with Gasteiger partial charge in [-0.2, -0.15) is 37.9 Å². The summed E-state index contributed by atoms with van der Waals surface area (Å²) in [5.74, 6) is -0.748. The molecule has 1 atom stereocenters. The van der Waals surface area contributed by atoms with Crippen LogP contribution in [0.4, 0.5) is 0 Å². The molecule has 0 bridgehead atoms. The van der Waals surface area contributed by atoms with Gasteiger partial charge in [0, 0.05) is 112 Å². The van der Waals surface area contributed by atoms with Gasteiger partial charge in [0.2, 0.25) is 5.91 Å². The van der Waals surface area contributed by atoms with Gasteiger partial charge in [0.15, 0.2) is 6.61 Å². The van der Waals surface area contributed by atoms with Gasteiger partial charge in [0.1, 0.15) is 29.7 Å². The Morgan fingerprint density at radius 2 is 1.10 bits per heavy atom. The van der Waals surface area contributed by atoms with Crippen LogP contribution in [0.3, 0.4) is 0 Å². The summed E-state index contributed by atoms with van der Waals surface area (Å²) < 4.78 is 0.